The van der Waals surface area contributed by atoms with E-state index in [2.05, 4.69) is 20.9 Å². The molecule has 2 aromatic carbocycles. The van der Waals surface area contributed by atoms with E-state index in [9.17, 15) is 24.0 Å². The number of hydrogen-bond donors (Lipinski definition) is 4. The Bertz CT molecular complexity index is 1730. The summed E-state index contributed by atoms with van der Waals surface area (Å²) in [5.41, 5.74) is 6.95. The minimum atomic E-state index is -1.94. The highest BCUT2D eigenvalue weighted by Crippen LogP contribution is 2.37. The molecule has 14 nitrogen and oxygen atoms in total. The van der Waals surface area contributed by atoms with Crippen LogP contribution in [0.1, 0.15) is 85.3 Å². The van der Waals surface area contributed by atoms with Crippen molar-refractivity contribution in [1.82, 2.24) is 20.1 Å². The molecular formula is C36H49N7O7S. The van der Waals surface area contributed by atoms with Gasteiger partial charge in [-0.1, -0.05) is 44.2 Å². The second kappa shape index (κ2) is 16.2. The van der Waals surface area contributed by atoms with Gasteiger partial charge in [-0.3, -0.25) is 14.4 Å². The van der Waals surface area contributed by atoms with Gasteiger partial charge >= 0.3 is 18.1 Å². The summed E-state index contributed by atoms with van der Waals surface area (Å²) in [6.45, 7) is 12.2. The lowest BCUT2D eigenvalue weighted by Crippen LogP contribution is -2.59. The summed E-state index contributed by atoms with van der Waals surface area (Å²) in [6.07, 6.45) is -0.851. The minimum Gasteiger partial charge on any atom is -0.387 e. The molecule has 0 saturated heterocycles. The van der Waals surface area contributed by atoms with Gasteiger partial charge in [-0.25, -0.2) is 14.6 Å². The number of carbonyl (C=O) groups excluding carboxylic acids is 5. The number of thiazole rings is 1. The zero-order valence-electron chi connectivity index (χ0n) is 30.9. The highest BCUT2D eigenvalue weighted by molar-refractivity contribution is 7.15. The maximum Gasteiger partial charge on any atom is 0.412 e. The molecule has 1 aromatic heterocycles. The van der Waals surface area contributed by atoms with Gasteiger partial charge < -0.3 is 41.0 Å². The van der Waals surface area contributed by atoms with Crippen LogP contribution in [0, 0.1) is 5.41 Å². The average molecular weight is 724 g/mol. The Hall–Kier alpha value is -5.18. The Morgan fingerprint density at radius 3 is 1.88 bits per heavy atom. The van der Waals surface area contributed by atoms with Gasteiger partial charge in [-0.15, -0.1) is 0 Å². The molecule has 0 aliphatic carbocycles. The van der Waals surface area contributed by atoms with Crippen LogP contribution < -0.4 is 21.7 Å². The number of carbonyl (C=O) groups is 5. The Balaban J connectivity index is 1.78. The van der Waals surface area contributed by atoms with Gasteiger partial charge in [-0.2, -0.15) is 0 Å². The van der Waals surface area contributed by atoms with Crippen molar-refractivity contribution in [3.63, 3.8) is 0 Å². The Morgan fingerprint density at radius 1 is 0.824 bits per heavy atom. The summed E-state index contributed by atoms with van der Waals surface area (Å²) in [7, 11) is 5.01. The number of nitrogens with zero attached hydrogens (tertiary/aromatic N) is 3. The number of ether oxygens (including phenoxy) is 2. The highest BCUT2D eigenvalue weighted by Gasteiger charge is 2.50. The van der Waals surface area contributed by atoms with E-state index >= 15 is 0 Å². The summed E-state index contributed by atoms with van der Waals surface area (Å²) in [4.78, 5) is 70.7. The van der Waals surface area contributed by atoms with E-state index in [1.165, 1.54) is 23.2 Å². The van der Waals surface area contributed by atoms with Gasteiger partial charge in [0.05, 0.1) is 17.7 Å². The largest absolute Gasteiger partial charge is 0.412 e. The van der Waals surface area contributed by atoms with Gasteiger partial charge in [0.15, 0.2) is 5.13 Å². The molecule has 1 atom stereocenters. The number of nitrogens with one attached hydrogen (secondary N) is 3. The normalized spacial score (nSPS) is 12.6. The van der Waals surface area contributed by atoms with Crippen LogP contribution in [0.25, 0.3) is 0 Å². The summed E-state index contributed by atoms with van der Waals surface area (Å²) in [5, 5.41) is 8.93. The molecule has 5 N–H and O–H groups in total. The van der Waals surface area contributed by atoms with E-state index in [0.29, 0.717) is 34.8 Å². The number of primary amides is 1. The Labute approximate surface area is 303 Å². The van der Waals surface area contributed by atoms with Crippen molar-refractivity contribution < 1.29 is 33.4 Å². The molecule has 0 spiro atoms. The topological polar surface area (TPSA) is 185 Å². The van der Waals surface area contributed by atoms with E-state index in [1.54, 1.807) is 104 Å². The van der Waals surface area contributed by atoms with Gasteiger partial charge in [-0.05, 0) is 75.6 Å². The molecule has 0 fully saturated rings. The van der Waals surface area contributed by atoms with Crippen LogP contribution in [0.5, 0.6) is 0 Å². The summed E-state index contributed by atoms with van der Waals surface area (Å²) >= 11 is 1.30. The molecule has 15 heteroatoms. The molecular weight excluding hydrogens is 675 g/mol. The molecule has 0 aliphatic heterocycles. The SMILES string of the molecule is CC(=O)Nc1nc(CCc2ccc(NC(OC(N)=O)(OC(=O)NC(C)(C)C)C(C)(C)C)cc2)c(CN(C)C(=O)c2ccc(C(=O)N(C)C)cc2)s1. The van der Waals surface area contributed by atoms with Crippen molar-refractivity contribution in [1.29, 1.82) is 0 Å². The minimum absolute atomic E-state index is 0.155. The monoisotopic (exact) mass is 723 g/mol. The molecule has 5 amide bonds. The Kier molecular flexibility index (Phi) is 12.8. The number of aryl methyl sites for hydroxylation is 2. The van der Waals surface area contributed by atoms with Crippen molar-refractivity contribution >= 4 is 52.1 Å². The van der Waals surface area contributed by atoms with Crippen LogP contribution in [0.2, 0.25) is 0 Å². The molecule has 276 valence electrons. The van der Waals surface area contributed by atoms with Crippen molar-refractivity contribution in [2.75, 3.05) is 31.8 Å². The van der Waals surface area contributed by atoms with Crippen LogP contribution in [-0.2, 0) is 33.7 Å². The molecule has 1 heterocycles. The third kappa shape index (κ3) is 11.4. The van der Waals surface area contributed by atoms with E-state index < -0.39 is 29.1 Å². The average Bonchev–Trinajstić information content (AvgIpc) is 3.37. The van der Waals surface area contributed by atoms with E-state index in [1.807, 2.05) is 12.1 Å². The fourth-order valence-corrected chi connectivity index (χ4v) is 5.91. The molecule has 0 bridgehead atoms. The molecule has 3 aromatic rings. The van der Waals surface area contributed by atoms with Crippen LogP contribution in [-0.4, -0.2) is 77.3 Å². The molecule has 0 radical (unpaired) electrons. The van der Waals surface area contributed by atoms with Gasteiger partial charge in [0.1, 0.15) is 0 Å². The third-order valence-corrected chi connectivity index (χ3v) is 8.43. The number of benzene rings is 2. The van der Waals surface area contributed by atoms with Crippen LogP contribution in [0.4, 0.5) is 20.4 Å². The summed E-state index contributed by atoms with van der Waals surface area (Å²) < 4.78 is 11.1. The zero-order chi connectivity index (χ0) is 38.3. The Morgan fingerprint density at radius 2 is 1.39 bits per heavy atom. The maximum atomic E-state index is 13.3. The van der Waals surface area contributed by atoms with E-state index in [4.69, 9.17) is 15.2 Å². The van der Waals surface area contributed by atoms with Crippen LogP contribution in [0.15, 0.2) is 48.5 Å². The number of hydrogen-bond acceptors (Lipinski definition) is 10. The third-order valence-electron chi connectivity index (χ3n) is 7.43. The molecule has 51 heavy (non-hydrogen) atoms. The smallest absolute Gasteiger partial charge is 0.387 e. The number of amides is 5. The first-order valence-electron chi connectivity index (χ1n) is 16.3. The first kappa shape index (κ1) is 40.3. The molecule has 3 rings (SSSR count). The number of alkyl carbamates (subject to hydrolysis) is 1. The van der Waals surface area contributed by atoms with Crippen molar-refractivity contribution in [2.45, 2.75) is 79.3 Å². The second-order valence-electron chi connectivity index (χ2n) is 14.4. The predicted octanol–water partition coefficient (Wildman–Crippen LogP) is 5.59. The molecule has 0 aliphatic rings. The summed E-state index contributed by atoms with van der Waals surface area (Å²) in [6, 6.07) is 13.8. The van der Waals surface area contributed by atoms with Crippen molar-refractivity contribution in [3.8, 4) is 0 Å². The fraction of sp³-hybridized carbons (Fsp3) is 0.444. The standard InChI is InChI=1S/C36H49N7O7S/c1-22(44)38-32-39-27(28(51-32)21-43(10)30(46)25-16-14-24(15-17-25)29(45)42(8)9)20-13-23-11-18-26(19-12-23)40-36(34(2,3)4,49-31(37)47)50-33(48)41-35(5,6)7/h11-12,14-19,40H,13,20-21H2,1-10H3,(H2,37,47)(H,41,48)(H,38,39,44). The molecule has 0 saturated carbocycles. The summed E-state index contributed by atoms with van der Waals surface area (Å²) in [5.74, 6) is -2.58. The highest BCUT2D eigenvalue weighted by atomic mass is 32.1. The lowest BCUT2D eigenvalue weighted by atomic mass is 9.90. The quantitative estimate of drug-likeness (QED) is 0.173. The maximum absolute atomic E-state index is 13.3. The van der Waals surface area contributed by atoms with Crippen molar-refractivity contribution in [3.05, 3.63) is 75.8 Å². The lowest BCUT2D eigenvalue weighted by molar-refractivity contribution is -0.202. The first-order chi connectivity index (χ1) is 23.6. The van der Waals surface area contributed by atoms with Gasteiger partial charge in [0, 0.05) is 55.3 Å². The molecule has 1 unspecified atom stereocenters. The van der Waals surface area contributed by atoms with Gasteiger partial charge in [0.2, 0.25) is 5.91 Å². The second-order valence-corrected chi connectivity index (χ2v) is 15.5. The predicted molar refractivity (Wildman–Crippen MR) is 196 cm³/mol. The number of aromatic nitrogens is 1. The van der Waals surface area contributed by atoms with Gasteiger partial charge in [0.25, 0.3) is 11.8 Å². The number of anilines is 2. The first-order valence-corrected chi connectivity index (χ1v) is 17.1. The van der Waals surface area contributed by atoms with E-state index in [-0.39, 0.29) is 24.3 Å². The lowest BCUT2D eigenvalue weighted by Gasteiger charge is -2.42. The fourth-order valence-electron chi connectivity index (χ4n) is 4.80. The van der Waals surface area contributed by atoms with Crippen LogP contribution >= 0.6 is 11.3 Å². The van der Waals surface area contributed by atoms with Crippen molar-refractivity contribution in [2.24, 2.45) is 11.1 Å². The number of rotatable bonds is 12. The number of nitrogens with two attached hydrogens (primary N) is 1. The van der Waals surface area contributed by atoms with Crippen LogP contribution in [0.3, 0.4) is 0 Å². The van der Waals surface area contributed by atoms with E-state index in [0.717, 1.165) is 16.1 Å². The zero-order valence-corrected chi connectivity index (χ0v) is 31.7.